The van der Waals surface area contributed by atoms with Crippen LogP contribution in [0.1, 0.15) is 19.3 Å². The standard InChI is InChI=1S/C8H16O3/c9-4-7-10-6-3-8-2-1-5-11-8/h8-9H,1-7H2. The van der Waals surface area contributed by atoms with E-state index in [0.29, 0.717) is 19.3 Å². The monoisotopic (exact) mass is 160 g/mol. The third-order valence-corrected chi connectivity index (χ3v) is 1.84. The number of aliphatic hydroxyl groups excluding tert-OH is 1. The van der Waals surface area contributed by atoms with Gasteiger partial charge in [0.2, 0.25) is 0 Å². The van der Waals surface area contributed by atoms with Crippen LogP contribution in [-0.2, 0) is 9.47 Å². The molecule has 0 aromatic rings. The molecular formula is C8H16O3. The maximum atomic E-state index is 8.40. The number of rotatable bonds is 5. The van der Waals surface area contributed by atoms with Crippen LogP contribution in [0.3, 0.4) is 0 Å². The fourth-order valence-corrected chi connectivity index (χ4v) is 1.25. The van der Waals surface area contributed by atoms with Crippen LogP contribution < -0.4 is 0 Å². The molecule has 0 bridgehead atoms. The topological polar surface area (TPSA) is 38.7 Å². The van der Waals surface area contributed by atoms with Crippen LogP contribution in [0.15, 0.2) is 0 Å². The smallest absolute Gasteiger partial charge is 0.0697 e. The largest absolute Gasteiger partial charge is 0.394 e. The van der Waals surface area contributed by atoms with Crippen LogP contribution in [0.2, 0.25) is 0 Å². The van der Waals surface area contributed by atoms with Gasteiger partial charge in [-0.05, 0) is 19.3 Å². The summed E-state index contributed by atoms with van der Waals surface area (Å²) in [6, 6.07) is 0. The van der Waals surface area contributed by atoms with Gasteiger partial charge < -0.3 is 14.6 Å². The van der Waals surface area contributed by atoms with E-state index in [2.05, 4.69) is 0 Å². The van der Waals surface area contributed by atoms with E-state index in [-0.39, 0.29) is 6.61 Å². The summed E-state index contributed by atoms with van der Waals surface area (Å²) >= 11 is 0. The van der Waals surface area contributed by atoms with E-state index in [9.17, 15) is 0 Å². The highest BCUT2D eigenvalue weighted by atomic mass is 16.5. The zero-order chi connectivity index (χ0) is 7.94. The number of hydrogen-bond acceptors (Lipinski definition) is 3. The summed E-state index contributed by atoms with van der Waals surface area (Å²) in [5.74, 6) is 0. The predicted octanol–water partition coefficient (Wildman–Crippen LogP) is 0.564. The van der Waals surface area contributed by atoms with Crippen molar-refractivity contribution in [2.45, 2.75) is 25.4 Å². The first-order chi connectivity index (χ1) is 5.43. The lowest BCUT2D eigenvalue weighted by Crippen LogP contribution is -2.10. The average Bonchev–Trinajstić information content (AvgIpc) is 2.50. The number of ether oxygens (including phenoxy) is 2. The molecular weight excluding hydrogens is 144 g/mol. The predicted molar refractivity (Wildman–Crippen MR) is 41.5 cm³/mol. The normalized spacial score (nSPS) is 24.3. The Balaban J connectivity index is 1.86. The average molecular weight is 160 g/mol. The summed E-state index contributed by atoms with van der Waals surface area (Å²) in [6.07, 6.45) is 3.74. The Kier molecular flexibility index (Phi) is 4.50. The zero-order valence-electron chi connectivity index (χ0n) is 6.79. The zero-order valence-corrected chi connectivity index (χ0v) is 6.79. The summed E-state index contributed by atoms with van der Waals surface area (Å²) in [7, 11) is 0. The molecule has 1 rings (SSSR count). The van der Waals surface area contributed by atoms with Crippen molar-refractivity contribution in [1.29, 1.82) is 0 Å². The Morgan fingerprint density at radius 1 is 1.45 bits per heavy atom. The van der Waals surface area contributed by atoms with Crippen LogP contribution >= 0.6 is 0 Å². The molecule has 11 heavy (non-hydrogen) atoms. The van der Waals surface area contributed by atoms with Crippen molar-refractivity contribution in [2.75, 3.05) is 26.4 Å². The van der Waals surface area contributed by atoms with Gasteiger partial charge >= 0.3 is 0 Å². The minimum Gasteiger partial charge on any atom is -0.394 e. The fraction of sp³-hybridized carbons (Fsp3) is 1.00. The lowest BCUT2D eigenvalue weighted by molar-refractivity contribution is 0.0461. The van der Waals surface area contributed by atoms with Crippen molar-refractivity contribution < 1.29 is 14.6 Å². The molecule has 0 aromatic carbocycles. The first-order valence-corrected chi connectivity index (χ1v) is 4.23. The maximum absolute atomic E-state index is 8.40. The Morgan fingerprint density at radius 3 is 3.00 bits per heavy atom. The van der Waals surface area contributed by atoms with Crippen molar-refractivity contribution >= 4 is 0 Å². The van der Waals surface area contributed by atoms with E-state index in [1.807, 2.05) is 0 Å². The van der Waals surface area contributed by atoms with Crippen LogP contribution in [0, 0.1) is 0 Å². The summed E-state index contributed by atoms with van der Waals surface area (Å²) in [4.78, 5) is 0. The molecule has 0 aromatic heterocycles. The van der Waals surface area contributed by atoms with Gasteiger partial charge in [0.1, 0.15) is 0 Å². The highest BCUT2D eigenvalue weighted by Crippen LogP contribution is 2.14. The van der Waals surface area contributed by atoms with Crippen LogP contribution in [0.25, 0.3) is 0 Å². The molecule has 1 aliphatic heterocycles. The molecule has 1 saturated heterocycles. The Bertz CT molecular complexity index is 89.3. The third kappa shape index (κ3) is 3.70. The van der Waals surface area contributed by atoms with Gasteiger partial charge in [0, 0.05) is 13.2 Å². The lowest BCUT2D eigenvalue weighted by atomic mass is 10.2. The van der Waals surface area contributed by atoms with Crippen LogP contribution in [-0.4, -0.2) is 37.6 Å². The van der Waals surface area contributed by atoms with Gasteiger partial charge in [-0.15, -0.1) is 0 Å². The van der Waals surface area contributed by atoms with Gasteiger partial charge in [-0.1, -0.05) is 0 Å². The Hall–Kier alpha value is -0.120. The van der Waals surface area contributed by atoms with Gasteiger partial charge in [0.25, 0.3) is 0 Å². The molecule has 1 fully saturated rings. The summed E-state index contributed by atoms with van der Waals surface area (Å²) < 4.78 is 10.5. The van der Waals surface area contributed by atoms with Gasteiger partial charge in [-0.3, -0.25) is 0 Å². The SMILES string of the molecule is OCCOCCC1CCCO1. The van der Waals surface area contributed by atoms with Gasteiger partial charge in [0.15, 0.2) is 0 Å². The van der Waals surface area contributed by atoms with Crippen molar-refractivity contribution in [3.63, 3.8) is 0 Å². The minimum absolute atomic E-state index is 0.117. The Labute approximate surface area is 67.3 Å². The van der Waals surface area contributed by atoms with Crippen molar-refractivity contribution in [1.82, 2.24) is 0 Å². The molecule has 1 N–H and O–H groups in total. The van der Waals surface area contributed by atoms with Crippen molar-refractivity contribution in [2.24, 2.45) is 0 Å². The van der Waals surface area contributed by atoms with Crippen LogP contribution in [0.5, 0.6) is 0 Å². The highest BCUT2D eigenvalue weighted by Gasteiger charge is 2.14. The van der Waals surface area contributed by atoms with E-state index < -0.39 is 0 Å². The lowest BCUT2D eigenvalue weighted by Gasteiger charge is -2.08. The Morgan fingerprint density at radius 2 is 2.36 bits per heavy atom. The molecule has 1 heterocycles. The first-order valence-electron chi connectivity index (χ1n) is 4.23. The number of aliphatic hydroxyl groups is 1. The van der Waals surface area contributed by atoms with E-state index in [1.54, 1.807) is 0 Å². The first kappa shape index (κ1) is 8.97. The van der Waals surface area contributed by atoms with Gasteiger partial charge in [-0.2, -0.15) is 0 Å². The molecule has 0 aliphatic carbocycles. The second-order valence-electron chi connectivity index (χ2n) is 2.76. The maximum Gasteiger partial charge on any atom is 0.0697 e. The molecule has 1 aliphatic rings. The summed E-state index contributed by atoms with van der Waals surface area (Å²) in [5.41, 5.74) is 0. The molecule has 0 spiro atoms. The van der Waals surface area contributed by atoms with Crippen LogP contribution in [0.4, 0.5) is 0 Å². The van der Waals surface area contributed by atoms with E-state index in [0.717, 1.165) is 13.0 Å². The summed E-state index contributed by atoms with van der Waals surface area (Å²) in [5, 5.41) is 8.40. The quantitative estimate of drug-likeness (QED) is 0.597. The second-order valence-corrected chi connectivity index (χ2v) is 2.76. The fourth-order valence-electron chi connectivity index (χ4n) is 1.25. The molecule has 66 valence electrons. The van der Waals surface area contributed by atoms with E-state index >= 15 is 0 Å². The van der Waals surface area contributed by atoms with Crippen molar-refractivity contribution in [3.05, 3.63) is 0 Å². The van der Waals surface area contributed by atoms with Crippen molar-refractivity contribution in [3.8, 4) is 0 Å². The highest BCUT2D eigenvalue weighted by molar-refractivity contribution is 4.63. The third-order valence-electron chi connectivity index (χ3n) is 1.84. The number of hydrogen-bond donors (Lipinski definition) is 1. The molecule has 0 saturated carbocycles. The molecule has 3 heteroatoms. The van der Waals surface area contributed by atoms with Gasteiger partial charge in [-0.25, -0.2) is 0 Å². The van der Waals surface area contributed by atoms with E-state index in [4.69, 9.17) is 14.6 Å². The molecule has 0 radical (unpaired) electrons. The molecule has 1 unspecified atom stereocenters. The molecule has 0 amide bonds. The minimum atomic E-state index is 0.117. The molecule has 3 nitrogen and oxygen atoms in total. The summed E-state index contributed by atoms with van der Waals surface area (Å²) in [6.45, 7) is 2.19. The molecule has 1 atom stereocenters. The van der Waals surface area contributed by atoms with Gasteiger partial charge in [0.05, 0.1) is 19.3 Å². The van der Waals surface area contributed by atoms with E-state index in [1.165, 1.54) is 12.8 Å². The second kappa shape index (κ2) is 5.52.